The van der Waals surface area contributed by atoms with Gasteiger partial charge in [-0.2, -0.15) is 0 Å². The number of ether oxygens (including phenoxy) is 2. The molecule has 0 fully saturated rings. The van der Waals surface area contributed by atoms with Gasteiger partial charge in [0.1, 0.15) is 0 Å². The molecule has 26 heavy (non-hydrogen) atoms. The second-order valence-electron chi connectivity index (χ2n) is 6.74. The number of methoxy groups -OCH3 is 1. The highest BCUT2D eigenvalue weighted by Crippen LogP contribution is 2.29. The Morgan fingerprint density at radius 2 is 1.69 bits per heavy atom. The molecule has 0 spiro atoms. The zero-order valence-electron chi connectivity index (χ0n) is 16.1. The van der Waals surface area contributed by atoms with E-state index >= 15 is 0 Å². The molecule has 0 unspecified atom stereocenters. The summed E-state index contributed by atoms with van der Waals surface area (Å²) in [7, 11) is 1.65. The molecule has 0 amide bonds. The van der Waals surface area contributed by atoms with Crippen molar-refractivity contribution in [2.75, 3.05) is 12.4 Å². The van der Waals surface area contributed by atoms with E-state index in [1.165, 1.54) is 5.56 Å². The van der Waals surface area contributed by atoms with Crippen LogP contribution in [0.4, 0.5) is 5.69 Å². The summed E-state index contributed by atoms with van der Waals surface area (Å²) in [6, 6.07) is 14.2. The highest BCUT2D eigenvalue weighted by Gasteiger charge is 2.08. The molecule has 0 aliphatic rings. The molecule has 4 nitrogen and oxygen atoms in total. The Kier molecular flexibility index (Phi) is 7.27. The van der Waals surface area contributed by atoms with E-state index in [-0.39, 0.29) is 6.10 Å². The lowest BCUT2D eigenvalue weighted by Crippen LogP contribution is -2.27. The number of anilines is 1. The molecule has 0 radical (unpaired) electrons. The van der Waals surface area contributed by atoms with Crippen LogP contribution in [-0.2, 0) is 6.54 Å². The fourth-order valence-electron chi connectivity index (χ4n) is 2.48. The maximum absolute atomic E-state index is 5.74. The molecule has 0 aliphatic heterocycles. The van der Waals surface area contributed by atoms with Gasteiger partial charge < -0.3 is 20.1 Å². The average Bonchev–Trinajstić information content (AvgIpc) is 2.60. The molecule has 5 heteroatoms. The third-order valence-corrected chi connectivity index (χ3v) is 4.13. The molecule has 0 bridgehead atoms. The van der Waals surface area contributed by atoms with Gasteiger partial charge in [-0.1, -0.05) is 32.0 Å². The standard InChI is InChI=1S/C21H28N2O2S/c1-14(2)17-7-9-18(10-8-17)23-21(26)22-13-16-6-11-19(25-15(3)4)20(12-16)24-5/h6-12,14-15H,13H2,1-5H3,(H2,22,23,26). The highest BCUT2D eigenvalue weighted by atomic mass is 32.1. The van der Waals surface area contributed by atoms with Crippen LogP contribution >= 0.6 is 12.2 Å². The van der Waals surface area contributed by atoms with E-state index in [0.29, 0.717) is 17.6 Å². The van der Waals surface area contributed by atoms with Crippen molar-refractivity contribution in [3.05, 3.63) is 53.6 Å². The van der Waals surface area contributed by atoms with Gasteiger partial charge in [-0.05, 0) is 67.4 Å². The molecular weight excluding hydrogens is 344 g/mol. The van der Waals surface area contributed by atoms with Crippen molar-refractivity contribution in [2.45, 2.75) is 46.3 Å². The maximum atomic E-state index is 5.74. The zero-order chi connectivity index (χ0) is 19.1. The largest absolute Gasteiger partial charge is 0.493 e. The summed E-state index contributed by atoms with van der Waals surface area (Å²) >= 11 is 5.39. The van der Waals surface area contributed by atoms with E-state index in [2.05, 4.69) is 36.6 Å². The van der Waals surface area contributed by atoms with E-state index in [9.17, 15) is 0 Å². The zero-order valence-corrected chi connectivity index (χ0v) is 16.9. The fourth-order valence-corrected chi connectivity index (χ4v) is 2.67. The summed E-state index contributed by atoms with van der Waals surface area (Å²) in [6.07, 6.45) is 0.103. The van der Waals surface area contributed by atoms with Crippen LogP contribution in [0, 0.1) is 0 Å². The second-order valence-corrected chi connectivity index (χ2v) is 7.14. The second kappa shape index (κ2) is 9.43. The minimum Gasteiger partial charge on any atom is -0.493 e. The first-order valence-electron chi connectivity index (χ1n) is 8.87. The topological polar surface area (TPSA) is 42.5 Å². The third-order valence-electron chi connectivity index (χ3n) is 3.88. The minimum atomic E-state index is 0.103. The van der Waals surface area contributed by atoms with E-state index in [4.69, 9.17) is 21.7 Å². The maximum Gasteiger partial charge on any atom is 0.171 e. The number of benzene rings is 2. The Labute approximate surface area is 161 Å². The third kappa shape index (κ3) is 5.92. The first-order valence-corrected chi connectivity index (χ1v) is 9.28. The van der Waals surface area contributed by atoms with Crippen molar-refractivity contribution < 1.29 is 9.47 Å². The van der Waals surface area contributed by atoms with Crippen molar-refractivity contribution in [2.24, 2.45) is 0 Å². The first kappa shape index (κ1) is 20.0. The minimum absolute atomic E-state index is 0.103. The Morgan fingerprint density at radius 3 is 2.27 bits per heavy atom. The Morgan fingerprint density at radius 1 is 1.00 bits per heavy atom. The smallest absolute Gasteiger partial charge is 0.171 e. The number of hydrogen-bond acceptors (Lipinski definition) is 3. The lowest BCUT2D eigenvalue weighted by atomic mass is 10.0. The van der Waals surface area contributed by atoms with Gasteiger partial charge in [0.15, 0.2) is 16.6 Å². The van der Waals surface area contributed by atoms with E-state index in [1.807, 2.05) is 44.2 Å². The van der Waals surface area contributed by atoms with Crippen LogP contribution in [-0.4, -0.2) is 18.3 Å². The van der Waals surface area contributed by atoms with Gasteiger partial charge in [-0.25, -0.2) is 0 Å². The predicted molar refractivity (Wildman–Crippen MR) is 112 cm³/mol. The lowest BCUT2D eigenvalue weighted by molar-refractivity contribution is 0.230. The molecule has 0 saturated carbocycles. The van der Waals surface area contributed by atoms with Crippen LogP contribution in [0.25, 0.3) is 0 Å². The van der Waals surface area contributed by atoms with E-state index < -0.39 is 0 Å². The van der Waals surface area contributed by atoms with Crippen molar-refractivity contribution in [3.8, 4) is 11.5 Å². The normalized spacial score (nSPS) is 10.7. The van der Waals surface area contributed by atoms with Gasteiger partial charge >= 0.3 is 0 Å². The average molecular weight is 373 g/mol. The molecule has 0 aromatic heterocycles. The van der Waals surface area contributed by atoms with Gasteiger partial charge in [0.05, 0.1) is 13.2 Å². The summed E-state index contributed by atoms with van der Waals surface area (Å²) < 4.78 is 11.2. The fraction of sp³-hybridized carbons (Fsp3) is 0.381. The summed E-state index contributed by atoms with van der Waals surface area (Å²) in [6.45, 7) is 8.95. The van der Waals surface area contributed by atoms with Crippen molar-refractivity contribution in [1.29, 1.82) is 0 Å². The quantitative estimate of drug-likeness (QED) is 0.663. The molecule has 0 aliphatic carbocycles. The molecule has 0 saturated heterocycles. The summed E-state index contributed by atoms with van der Waals surface area (Å²) in [5.74, 6) is 1.99. The van der Waals surface area contributed by atoms with Crippen LogP contribution in [0.1, 0.15) is 44.7 Å². The molecule has 2 aromatic carbocycles. The number of rotatable bonds is 7. The highest BCUT2D eigenvalue weighted by molar-refractivity contribution is 7.80. The van der Waals surface area contributed by atoms with E-state index in [0.717, 1.165) is 22.7 Å². The molecule has 2 rings (SSSR count). The molecule has 0 atom stereocenters. The monoisotopic (exact) mass is 372 g/mol. The number of thiocarbonyl (C=S) groups is 1. The van der Waals surface area contributed by atoms with Gasteiger partial charge in [-0.15, -0.1) is 0 Å². The summed E-state index contributed by atoms with van der Waals surface area (Å²) in [5.41, 5.74) is 3.35. The van der Waals surface area contributed by atoms with Crippen molar-refractivity contribution >= 4 is 23.0 Å². The molecule has 2 aromatic rings. The van der Waals surface area contributed by atoms with Crippen LogP contribution in [0.5, 0.6) is 11.5 Å². The van der Waals surface area contributed by atoms with Gasteiger partial charge in [0.25, 0.3) is 0 Å². The van der Waals surface area contributed by atoms with Crippen LogP contribution < -0.4 is 20.1 Å². The van der Waals surface area contributed by atoms with Crippen molar-refractivity contribution in [3.63, 3.8) is 0 Å². The Balaban J connectivity index is 1.92. The van der Waals surface area contributed by atoms with Crippen molar-refractivity contribution in [1.82, 2.24) is 5.32 Å². The number of nitrogens with one attached hydrogen (secondary N) is 2. The summed E-state index contributed by atoms with van der Waals surface area (Å²) in [4.78, 5) is 0. The van der Waals surface area contributed by atoms with Gasteiger partial charge in [-0.3, -0.25) is 0 Å². The Hall–Kier alpha value is -2.27. The van der Waals surface area contributed by atoms with Crippen LogP contribution in [0.2, 0.25) is 0 Å². The SMILES string of the molecule is COc1cc(CNC(=S)Nc2ccc(C(C)C)cc2)ccc1OC(C)C. The molecule has 2 N–H and O–H groups in total. The predicted octanol–water partition coefficient (Wildman–Crippen LogP) is 5.09. The summed E-state index contributed by atoms with van der Waals surface area (Å²) in [5, 5.41) is 7.02. The number of hydrogen-bond donors (Lipinski definition) is 2. The van der Waals surface area contributed by atoms with Gasteiger partial charge in [0, 0.05) is 12.2 Å². The Bertz CT molecular complexity index is 727. The van der Waals surface area contributed by atoms with E-state index in [1.54, 1.807) is 7.11 Å². The molecule has 140 valence electrons. The van der Waals surface area contributed by atoms with Crippen LogP contribution in [0.15, 0.2) is 42.5 Å². The molecule has 0 heterocycles. The lowest BCUT2D eigenvalue weighted by Gasteiger charge is -2.15. The van der Waals surface area contributed by atoms with Crippen LogP contribution in [0.3, 0.4) is 0 Å². The van der Waals surface area contributed by atoms with Gasteiger partial charge in [0.2, 0.25) is 0 Å². The molecular formula is C21H28N2O2S. The first-order chi connectivity index (χ1) is 12.4.